The van der Waals surface area contributed by atoms with Crippen molar-refractivity contribution >= 4 is 17.8 Å². The minimum Gasteiger partial charge on any atom is -0.497 e. The number of hydrogen-bond acceptors (Lipinski definition) is 5. The molecule has 1 N–H and O–H groups in total. The van der Waals surface area contributed by atoms with Crippen molar-refractivity contribution in [3.8, 4) is 5.75 Å². The molecule has 0 aliphatic carbocycles. The number of carbonyl (C=O) groups is 3. The number of rotatable bonds is 7. The lowest BCUT2D eigenvalue weighted by Crippen LogP contribution is -2.34. The van der Waals surface area contributed by atoms with Gasteiger partial charge < -0.3 is 9.47 Å². The number of hydrogen-bond donors (Lipinski definition) is 1. The summed E-state index contributed by atoms with van der Waals surface area (Å²) in [6, 6.07) is 14.4. The maximum absolute atomic E-state index is 12.1. The smallest absolute Gasteiger partial charge is 0.306 e. The Balaban J connectivity index is 1.75. The number of methoxy groups -OCH3 is 1. The third kappa shape index (κ3) is 7.07. The second-order valence-electron chi connectivity index (χ2n) is 7.71. The summed E-state index contributed by atoms with van der Waals surface area (Å²) in [6.07, 6.45) is 0.630. The van der Waals surface area contributed by atoms with Crippen LogP contribution in [0.1, 0.15) is 48.7 Å². The fourth-order valence-corrected chi connectivity index (χ4v) is 2.61. The highest BCUT2D eigenvalue weighted by molar-refractivity contribution is 6.05. The van der Waals surface area contributed by atoms with Crippen molar-refractivity contribution in [2.75, 3.05) is 13.7 Å². The van der Waals surface area contributed by atoms with Gasteiger partial charge in [-0.05, 0) is 47.2 Å². The molecule has 0 heterocycles. The monoisotopic (exact) mass is 397 g/mol. The van der Waals surface area contributed by atoms with Crippen molar-refractivity contribution in [2.45, 2.75) is 39.0 Å². The lowest BCUT2D eigenvalue weighted by atomic mass is 9.87. The summed E-state index contributed by atoms with van der Waals surface area (Å²) in [7, 11) is 1.59. The number of carbonyl (C=O) groups excluding carboxylic acids is 3. The molecule has 2 aromatic rings. The average Bonchev–Trinajstić information content (AvgIpc) is 2.70. The summed E-state index contributed by atoms with van der Waals surface area (Å²) in [5.74, 6) is -0.943. The third-order valence-electron chi connectivity index (χ3n) is 4.41. The van der Waals surface area contributed by atoms with Crippen LogP contribution >= 0.6 is 0 Å². The lowest BCUT2D eigenvalue weighted by Gasteiger charge is -2.18. The molecule has 0 fully saturated rings. The standard InChI is InChI=1S/C23H27NO5/c1-23(2,3)18-10-8-17(9-11-18)22(27)24-20(25)15-29-21(26)14-7-16-5-12-19(28-4)13-6-16/h5-6,8-13H,7,14-15H2,1-4H3,(H,24,25,27). The first-order valence-corrected chi connectivity index (χ1v) is 9.42. The van der Waals surface area contributed by atoms with Crippen LogP contribution in [0.3, 0.4) is 0 Å². The normalized spacial score (nSPS) is 10.9. The Kier molecular flexibility index (Phi) is 7.53. The maximum Gasteiger partial charge on any atom is 0.306 e. The minimum absolute atomic E-state index is 0.0230. The van der Waals surface area contributed by atoms with Gasteiger partial charge in [0, 0.05) is 12.0 Å². The highest BCUT2D eigenvalue weighted by Gasteiger charge is 2.16. The molecular weight excluding hydrogens is 370 g/mol. The maximum atomic E-state index is 12.1. The first-order valence-electron chi connectivity index (χ1n) is 9.42. The summed E-state index contributed by atoms with van der Waals surface area (Å²) < 4.78 is 10.0. The van der Waals surface area contributed by atoms with E-state index in [0.717, 1.165) is 16.9 Å². The van der Waals surface area contributed by atoms with Gasteiger partial charge in [0.2, 0.25) is 0 Å². The van der Waals surface area contributed by atoms with Crippen LogP contribution in [0, 0.1) is 0 Å². The first-order chi connectivity index (χ1) is 13.7. The van der Waals surface area contributed by atoms with Crippen LogP contribution in [0.5, 0.6) is 5.75 Å². The van der Waals surface area contributed by atoms with Crippen LogP contribution in [-0.4, -0.2) is 31.5 Å². The third-order valence-corrected chi connectivity index (χ3v) is 4.41. The molecule has 6 nitrogen and oxygen atoms in total. The van der Waals surface area contributed by atoms with Crippen molar-refractivity contribution in [1.29, 1.82) is 0 Å². The molecule has 0 spiro atoms. The number of ether oxygens (including phenoxy) is 2. The molecule has 0 unspecified atom stereocenters. The van der Waals surface area contributed by atoms with E-state index < -0.39 is 24.4 Å². The van der Waals surface area contributed by atoms with E-state index in [9.17, 15) is 14.4 Å². The van der Waals surface area contributed by atoms with E-state index in [2.05, 4.69) is 26.1 Å². The van der Waals surface area contributed by atoms with Gasteiger partial charge in [-0.15, -0.1) is 0 Å². The highest BCUT2D eigenvalue weighted by atomic mass is 16.5. The minimum atomic E-state index is -0.660. The van der Waals surface area contributed by atoms with Gasteiger partial charge in [0.15, 0.2) is 6.61 Å². The molecule has 0 saturated carbocycles. The number of esters is 1. The molecule has 29 heavy (non-hydrogen) atoms. The summed E-state index contributed by atoms with van der Waals surface area (Å²) in [6.45, 7) is 5.74. The lowest BCUT2D eigenvalue weighted by molar-refractivity contribution is -0.148. The summed E-state index contributed by atoms with van der Waals surface area (Å²) >= 11 is 0. The van der Waals surface area contributed by atoms with Crippen LogP contribution in [0.25, 0.3) is 0 Å². The molecule has 2 rings (SSSR count). The van der Waals surface area contributed by atoms with Crippen molar-refractivity contribution < 1.29 is 23.9 Å². The topological polar surface area (TPSA) is 81.7 Å². The zero-order chi connectivity index (χ0) is 21.4. The highest BCUT2D eigenvalue weighted by Crippen LogP contribution is 2.22. The Morgan fingerprint density at radius 2 is 1.55 bits per heavy atom. The number of amides is 2. The van der Waals surface area contributed by atoms with Crippen LogP contribution < -0.4 is 10.1 Å². The van der Waals surface area contributed by atoms with Gasteiger partial charge in [0.1, 0.15) is 5.75 Å². The van der Waals surface area contributed by atoms with E-state index in [4.69, 9.17) is 9.47 Å². The van der Waals surface area contributed by atoms with Gasteiger partial charge in [-0.3, -0.25) is 19.7 Å². The van der Waals surface area contributed by atoms with Gasteiger partial charge in [-0.1, -0.05) is 45.0 Å². The van der Waals surface area contributed by atoms with Gasteiger partial charge in [0.05, 0.1) is 7.11 Å². The second-order valence-corrected chi connectivity index (χ2v) is 7.71. The van der Waals surface area contributed by atoms with Gasteiger partial charge in [-0.2, -0.15) is 0 Å². The Hall–Kier alpha value is -3.15. The van der Waals surface area contributed by atoms with Crippen molar-refractivity contribution in [3.63, 3.8) is 0 Å². The number of imide groups is 1. The van der Waals surface area contributed by atoms with Crippen LogP contribution in [0.4, 0.5) is 0 Å². The van der Waals surface area contributed by atoms with E-state index in [1.54, 1.807) is 19.2 Å². The molecule has 0 radical (unpaired) electrons. The van der Waals surface area contributed by atoms with E-state index in [1.807, 2.05) is 36.4 Å². The number of nitrogens with one attached hydrogen (secondary N) is 1. The van der Waals surface area contributed by atoms with Crippen LogP contribution in [0.2, 0.25) is 0 Å². The average molecular weight is 397 g/mol. The Morgan fingerprint density at radius 1 is 0.931 bits per heavy atom. The predicted octanol–water partition coefficient (Wildman–Crippen LogP) is 3.43. The second kappa shape index (κ2) is 9.87. The number of benzene rings is 2. The molecule has 0 bridgehead atoms. The largest absolute Gasteiger partial charge is 0.497 e. The van der Waals surface area contributed by atoms with E-state index in [-0.39, 0.29) is 11.8 Å². The molecule has 0 atom stereocenters. The summed E-state index contributed by atoms with van der Waals surface area (Å²) in [4.78, 5) is 35.8. The molecule has 6 heteroatoms. The first kappa shape index (κ1) is 22.1. The van der Waals surface area contributed by atoms with Crippen molar-refractivity contribution in [3.05, 3.63) is 65.2 Å². The predicted molar refractivity (Wildman–Crippen MR) is 110 cm³/mol. The van der Waals surface area contributed by atoms with Gasteiger partial charge >= 0.3 is 5.97 Å². The van der Waals surface area contributed by atoms with Crippen molar-refractivity contribution in [1.82, 2.24) is 5.32 Å². The van der Waals surface area contributed by atoms with E-state index in [1.165, 1.54) is 0 Å². The van der Waals surface area contributed by atoms with E-state index in [0.29, 0.717) is 12.0 Å². The fraction of sp³-hybridized carbons (Fsp3) is 0.348. The van der Waals surface area contributed by atoms with E-state index >= 15 is 0 Å². The van der Waals surface area contributed by atoms with Crippen LogP contribution in [0.15, 0.2) is 48.5 Å². The van der Waals surface area contributed by atoms with Crippen LogP contribution in [-0.2, 0) is 26.2 Å². The van der Waals surface area contributed by atoms with Gasteiger partial charge in [0.25, 0.3) is 11.8 Å². The number of aryl methyl sites for hydroxylation is 1. The Bertz CT molecular complexity index is 848. The SMILES string of the molecule is COc1ccc(CCC(=O)OCC(=O)NC(=O)c2ccc(C(C)(C)C)cc2)cc1. The van der Waals surface area contributed by atoms with Crippen molar-refractivity contribution in [2.24, 2.45) is 0 Å². The molecular formula is C23H27NO5. The Labute approximate surface area is 171 Å². The Morgan fingerprint density at radius 3 is 2.10 bits per heavy atom. The van der Waals surface area contributed by atoms with Gasteiger partial charge in [-0.25, -0.2) is 0 Å². The summed E-state index contributed by atoms with van der Waals surface area (Å²) in [5, 5.41) is 2.23. The molecule has 2 aromatic carbocycles. The fourth-order valence-electron chi connectivity index (χ4n) is 2.61. The summed E-state index contributed by atoms with van der Waals surface area (Å²) in [5.41, 5.74) is 2.40. The molecule has 154 valence electrons. The molecule has 0 saturated heterocycles. The molecule has 0 aliphatic heterocycles. The quantitative estimate of drug-likeness (QED) is 0.724. The molecule has 0 aromatic heterocycles. The zero-order valence-corrected chi connectivity index (χ0v) is 17.3. The zero-order valence-electron chi connectivity index (χ0n) is 17.3. The molecule has 0 aliphatic rings. The molecule has 2 amide bonds.